The van der Waals surface area contributed by atoms with Crippen LogP contribution in [0.15, 0.2) is 0 Å². The summed E-state index contributed by atoms with van der Waals surface area (Å²) < 4.78 is 0. The Bertz CT molecular complexity index is 445. The minimum Gasteiger partial charge on any atom is -0.393 e. The van der Waals surface area contributed by atoms with E-state index >= 15 is 0 Å². The van der Waals surface area contributed by atoms with Gasteiger partial charge in [-0.3, -0.25) is 0 Å². The smallest absolute Gasteiger partial charge is 0.0568 e. The van der Waals surface area contributed by atoms with E-state index in [0.717, 1.165) is 36.0 Å². The lowest BCUT2D eigenvalue weighted by Crippen LogP contribution is -2.55. The van der Waals surface area contributed by atoms with E-state index < -0.39 is 0 Å². The molecule has 22 heavy (non-hydrogen) atoms. The normalized spacial score (nSPS) is 61.2. The summed E-state index contributed by atoms with van der Waals surface area (Å²) in [5.74, 6) is 5.19. The highest BCUT2D eigenvalue weighted by atomic mass is 16.3. The molecule has 0 heterocycles. The second kappa shape index (κ2) is 4.98. The molecule has 4 fully saturated rings. The first-order valence-corrected chi connectivity index (χ1v) is 10.0. The van der Waals surface area contributed by atoms with E-state index in [4.69, 9.17) is 0 Å². The van der Waals surface area contributed by atoms with Crippen LogP contribution in [-0.4, -0.2) is 11.2 Å². The SMILES string of the molecule is C[C@@H]1CC[C@H]2[C@@H]3CC[C@H]4C[C@H](O)[C@@H](C)C[C@]4(C)[C@H]3CC[C@]12C. The Balaban J connectivity index is 1.63. The third kappa shape index (κ3) is 1.93. The molecule has 9 atom stereocenters. The van der Waals surface area contributed by atoms with Gasteiger partial charge in [0.2, 0.25) is 0 Å². The fraction of sp³-hybridized carbons (Fsp3) is 1.00. The van der Waals surface area contributed by atoms with Crippen molar-refractivity contribution in [3.05, 3.63) is 0 Å². The molecule has 4 aliphatic rings. The fourth-order valence-electron chi connectivity index (χ4n) is 7.86. The summed E-state index contributed by atoms with van der Waals surface area (Å²) in [6.07, 6.45) is 11.1. The number of rotatable bonds is 0. The Kier molecular flexibility index (Phi) is 3.50. The molecule has 0 aromatic heterocycles. The Labute approximate surface area is 137 Å². The lowest BCUT2D eigenvalue weighted by Gasteiger charge is -2.61. The van der Waals surface area contributed by atoms with E-state index in [1.807, 2.05) is 0 Å². The molecule has 0 aliphatic heterocycles. The number of hydrogen-bond donors (Lipinski definition) is 1. The van der Waals surface area contributed by atoms with Crippen LogP contribution in [0.4, 0.5) is 0 Å². The highest BCUT2D eigenvalue weighted by Gasteiger charge is 2.59. The molecule has 4 rings (SSSR count). The third-order valence-corrected chi connectivity index (χ3v) is 9.48. The molecule has 0 radical (unpaired) electrons. The Morgan fingerprint density at radius 3 is 2.36 bits per heavy atom. The monoisotopic (exact) mass is 304 g/mol. The van der Waals surface area contributed by atoms with E-state index in [2.05, 4.69) is 27.7 Å². The average Bonchev–Trinajstić information content (AvgIpc) is 2.77. The minimum absolute atomic E-state index is 0.0324. The Morgan fingerprint density at radius 2 is 1.59 bits per heavy atom. The Hall–Kier alpha value is -0.0400. The summed E-state index contributed by atoms with van der Waals surface area (Å²) in [6.45, 7) is 10.0. The van der Waals surface area contributed by atoms with Crippen LogP contribution in [0.2, 0.25) is 0 Å². The van der Waals surface area contributed by atoms with Gasteiger partial charge in [0.15, 0.2) is 0 Å². The minimum atomic E-state index is -0.0324. The molecule has 0 aromatic carbocycles. The maximum absolute atomic E-state index is 10.4. The molecule has 0 amide bonds. The molecule has 0 bridgehead atoms. The molecule has 1 nitrogen and oxygen atoms in total. The first kappa shape index (κ1) is 15.5. The summed E-state index contributed by atoms with van der Waals surface area (Å²) in [4.78, 5) is 0. The van der Waals surface area contributed by atoms with Crippen molar-refractivity contribution in [3.8, 4) is 0 Å². The van der Waals surface area contributed by atoms with E-state index in [-0.39, 0.29) is 6.10 Å². The van der Waals surface area contributed by atoms with Gasteiger partial charge >= 0.3 is 0 Å². The molecule has 126 valence electrons. The van der Waals surface area contributed by atoms with Crippen LogP contribution < -0.4 is 0 Å². The van der Waals surface area contributed by atoms with Gasteiger partial charge in [-0.25, -0.2) is 0 Å². The highest BCUT2D eigenvalue weighted by Crippen LogP contribution is 2.67. The second-order valence-electron chi connectivity index (χ2n) is 10.2. The van der Waals surface area contributed by atoms with E-state index in [1.54, 1.807) is 0 Å². The summed E-state index contributed by atoms with van der Waals surface area (Å²) in [6, 6.07) is 0. The molecule has 4 aliphatic carbocycles. The summed E-state index contributed by atoms with van der Waals surface area (Å²) in [5, 5.41) is 10.4. The van der Waals surface area contributed by atoms with Gasteiger partial charge in [0, 0.05) is 0 Å². The maximum Gasteiger partial charge on any atom is 0.0568 e. The van der Waals surface area contributed by atoms with E-state index in [9.17, 15) is 5.11 Å². The van der Waals surface area contributed by atoms with Gasteiger partial charge in [-0.05, 0) is 97.7 Å². The van der Waals surface area contributed by atoms with Crippen molar-refractivity contribution in [1.29, 1.82) is 0 Å². The first-order chi connectivity index (χ1) is 10.4. The van der Waals surface area contributed by atoms with Crippen LogP contribution >= 0.6 is 0 Å². The molecule has 1 N–H and O–H groups in total. The van der Waals surface area contributed by atoms with Gasteiger partial charge in [0.1, 0.15) is 0 Å². The zero-order valence-electron chi connectivity index (χ0n) is 15.1. The highest BCUT2D eigenvalue weighted by molar-refractivity contribution is 5.09. The molecule has 0 saturated heterocycles. The lowest BCUT2D eigenvalue weighted by atomic mass is 9.44. The van der Waals surface area contributed by atoms with Crippen molar-refractivity contribution < 1.29 is 5.11 Å². The van der Waals surface area contributed by atoms with Crippen molar-refractivity contribution in [2.24, 2.45) is 46.3 Å². The van der Waals surface area contributed by atoms with Crippen molar-refractivity contribution in [3.63, 3.8) is 0 Å². The lowest BCUT2D eigenvalue weighted by molar-refractivity contribution is -0.139. The van der Waals surface area contributed by atoms with Gasteiger partial charge in [-0.1, -0.05) is 27.7 Å². The summed E-state index contributed by atoms with van der Waals surface area (Å²) in [5.41, 5.74) is 1.17. The number of aliphatic hydroxyl groups excluding tert-OH is 1. The average molecular weight is 305 g/mol. The summed E-state index contributed by atoms with van der Waals surface area (Å²) in [7, 11) is 0. The number of fused-ring (bicyclic) bond motifs is 5. The van der Waals surface area contributed by atoms with Gasteiger partial charge in [-0.15, -0.1) is 0 Å². The maximum atomic E-state index is 10.4. The van der Waals surface area contributed by atoms with Crippen LogP contribution in [0, 0.1) is 46.3 Å². The zero-order valence-corrected chi connectivity index (χ0v) is 15.1. The summed E-state index contributed by atoms with van der Waals surface area (Å²) >= 11 is 0. The van der Waals surface area contributed by atoms with E-state index in [1.165, 1.54) is 44.9 Å². The zero-order chi connectivity index (χ0) is 15.7. The molecule has 1 heteroatoms. The van der Waals surface area contributed by atoms with E-state index in [0.29, 0.717) is 16.7 Å². The molecule has 0 spiro atoms. The van der Waals surface area contributed by atoms with Crippen LogP contribution in [0.25, 0.3) is 0 Å². The van der Waals surface area contributed by atoms with Crippen LogP contribution in [0.1, 0.15) is 79.1 Å². The fourth-order valence-corrected chi connectivity index (χ4v) is 7.86. The van der Waals surface area contributed by atoms with Crippen LogP contribution in [-0.2, 0) is 0 Å². The van der Waals surface area contributed by atoms with Crippen LogP contribution in [0.3, 0.4) is 0 Å². The van der Waals surface area contributed by atoms with Gasteiger partial charge < -0.3 is 5.11 Å². The van der Waals surface area contributed by atoms with Gasteiger partial charge in [0.05, 0.1) is 6.10 Å². The predicted octanol–water partition coefficient (Wildman–Crippen LogP) is 5.27. The van der Waals surface area contributed by atoms with Crippen molar-refractivity contribution in [1.82, 2.24) is 0 Å². The van der Waals surface area contributed by atoms with Gasteiger partial charge in [0.25, 0.3) is 0 Å². The quantitative estimate of drug-likeness (QED) is 0.646. The first-order valence-electron chi connectivity index (χ1n) is 10.0. The second-order valence-corrected chi connectivity index (χ2v) is 10.2. The van der Waals surface area contributed by atoms with Crippen molar-refractivity contribution in [2.45, 2.75) is 85.2 Å². The Morgan fingerprint density at radius 1 is 0.864 bits per heavy atom. The largest absolute Gasteiger partial charge is 0.393 e. The molecular formula is C21H36O. The number of aliphatic hydroxyl groups is 1. The standard InChI is InChI=1S/C21H36O/c1-13-12-21(4)15(11-19(13)22)6-7-16-17-8-5-14(2)20(17,3)10-9-18(16)21/h13-19,22H,5-12H2,1-4H3/t13-,14+,15-,16-,17-,18-,19-,20+,21-/m0/s1. The van der Waals surface area contributed by atoms with Crippen molar-refractivity contribution in [2.75, 3.05) is 0 Å². The molecule has 0 unspecified atom stereocenters. The van der Waals surface area contributed by atoms with Gasteiger partial charge in [-0.2, -0.15) is 0 Å². The van der Waals surface area contributed by atoms with Crippen LogP contribution in [0.5, 0.6) is 0 Å². The third-order valence-electron chi connectivity index (χ3n) is 9.48. The molecule has 0 aromatic rings. The predicted molar refractivity (Wildman–Crippen MR) is 91.4 cm³/mol. The number of hydrogen-bond acceptors (Lipinski definition) is 1. The molecular weight excluding hydrogens is 268 g/mol. The topological polar surface area (TPSA) is 20.2 Å². The molecule has 4 saturated carbocycles. The van der Waals surface area contributed by atoms with Crippen molar-refractivity contribution >= 4 is 0 Å².